The summed E-state index contributed by atoms with van der Waals surface area (Å²) in [4.78, 5) is 16.6. The lowest BCUT2D eigenvalue weighted by Gasteiger charge is -2.14. The van der Waals surface area contributed by atoms with Gasteiger partial charge in [0.05, 0.1) is 6.21 Å². The minimum Gasteiger partial charge on any atom is -0.485 e. The van der Waals surface area contributed by atoms with Gasteiger partial charge in [-0.3, -0.25) is 4.79 Å². The van der Waals surface area contributed by atoms with Crippen molar-refractivity contribution in [3.8, 4) is 11.5 Å². The van der Waals surface area contributed by atoms with Gasteiger partial charge in [0.15, 0.2) is 11.5 Å². The number of hydrogen-bond acceptors (Lipinski definition) is 5. The summed E-state index contributed by atoms with van der Waals surface area (Å²) in [7, 11) is 0. The second-order valence-electron chi connectivity index (χ2n) is 7.82. The van der Waals surface area contributed by atoms with Crippen LogP contribution in [-0.4, -0.2) is 12.1 Å². The molecule has 0 heterocycles. The van der Waals surface area contributed by atoms with E-state index in [1.54, 1.807) is 30.5 Å². The van der Waals surface area contributed by atoms with E-state index in [9.17, 15) is 4.79 Å². The first-order chi connectivity index (χ1) is 17.2. The fourth-order valence-corrected chi connectivity index (χ4v) is 3.28. The van der Waals surface area contributed by atoms with Crippen molar-refractivity contribution < 1.29 is 19.1 Å². The van der Waals surface area contributed by atoms with Gasteiger partial charge in [-0.15, -0.1) is 0 Å². The Hall–Kier alpha value is -4.58. The average molecular weight is 467 g/mol. The second kappa shape index (κ2) is 12.0. The number of benzene rings is 4. The standard InChI is InChI=1S/C29H26N2O4/c30-29(32)26-14-11-24(12-15-26)21-35-31-18-25-13-16-27(33-19-22-7-3-1-4-8-22)28(17-25)34-20-23-9-5-2-6-10-23/h1-18H,19-21H2,(H2,30,32)/b31-18+. The van der Waals surface area contributed by atoms with Crippen LogP contribution in [-0.2, 0) is 24.7 Å². The van der Waals surface area contributed by atoms with Crippen molar-refractivity contribution in [1.29, 1.82) is 0 Å². The maximum Gasteiger partial charge on any atom is 0.248 e. The summed E-state index contributed by atoms with van der Waals surface area (Å²) in [5.74, 6) is 0.810. The summed E-state index contributed by atoms with van der Waals surface area (Å²) in [5, 5.41) is 4.06. The highest BCUT2D eigenvalue weighted by Crippen LogP contribution is 2.29. The number of hydrogen-bond donors (Lipinski definition) is 1. The normalized spacial score (nSPS) is 10.7. The van der Waals surface area contributed by atoms with Crippen molar-refractivity contribution in [3.05, 3.63) is 131 Å². The Morgan fingerprint density at radius 1 is 0.686 bits per heavy atom. The van der Waals surface area contributed by atoms with Crippen molar-refractivity contribution in [2.45, 2.75) is 19.8 Å². The van der Waals surface area contributed by atoms with Crippen molar-refractivity contribution in [3.63, 3.8) is 0 Å². The highest BCUT2D eigenvalue weighted by Gasteiger charge is 2.08. The van der Waals surface area contributed by atoms with E-state index in [0.29, 0.717) is 30.3 Å². The molecule has 6 heteroatoms. The molecule has 2 N–H and O–H groups in total. The zero-order chi connectivity index (χ0) is 24.3. The van der Waals surface area contributed by atoms with Gasteiger partial charge in [-0.05, 0) is 47.0 Å². The first kappa shape index (κ1) is 23.6. The topological polar surface area (TPSA) is 83.1 Å². The molecule has 0 saturated carbocycles. The molecule has 35 heavy (non-hydrogen) atoms. The van der Waals surface area contributed by atoms with Gasteiger partial charge in [-0.2, -0.15) is 0 Å². The summed E-state index contributed by atoms with van der Waals surface area (Å²) >= 11 is 0. The van der Waals surface area contributed by atoms with Crippen LogP contribution >= 0.6 is 0 Å². The van der Waals surface area contributed by atoms with Crippen LogP contribution in [0.15, 0.2) is 108 Å². The van der Waals surface area contributed by atoms with Crippen LogP contribution < -0.4 is 15.2 Å². The largest absolute Gasteiger partial charge is 0.485 e. The van der Waals surface area contributed by atoms with E-state index in [2.05, 4.69) is 5.16 Å². The number of nitrogens with zero attached hydrogens (tertiary/aromatic N) is 1. The molecule has 4 aromatic rings. The molecule has 6 nitrogen and oxygen atoms in total. The lowest BCUT2D eigenvalue weighted by atomic mass is 10.1. The molecule has 0 bridgehead atoms. The SMILES string of the molecule is NC(=O)c1ccc(CO/N=C/c2ccc(OCc3ccccc3)c(OCc3ccccc3)c2)cc1. The molecule has 0 atom stereocenters. The van der Waals surface area contributed by atoms with Crippen LogP contribution in [0.5, 0.6) is 11.5 Å². The molecular formula is C29H26N2O4. The summed E-state index contributed by atoms with van der Waals surface area (Å²) in [6.07, 6.45) is 1.62. The van der Waals surface area contributed by atoms with Crippen molar-refractivity contribution in [2.75, 3.05) is 0 Å². The molecule has 0 aromatic heterocycles. The number of rotatable bonds is 11. The molecule has 176 valence electrons. The lowest BCUT2D eigenvalue weighted by molar-refractivity contribution is 0.1000. The van der Waals surface area contributed by atoms with Gasteiger partial charge < -0.3 is 20.0 Å². The predicted octanol–water partition coefficient (Wildman–Crippen LogP) is 5.49. The zero-order valence-electron chi connectivity index (χ0n) is 19.2. The van der Waals surface area contributed by atoms with E-state index in [4.69, 9.17) is 20.0 Å². The molecule has 0 aliphatic heterocycles. The Morgan fingerprint density at radius 2 is 1.26 bits per heavy atom. The van der Waals surface area contributed by atoms with E-state index < -0.39 is 5.91 Å². The van der Waals surface area contributed by atoms with Crippen LogP contribution in [0.4, 0.5) is 0 Å². The third-order valence-electron chi connectivity index (χ3n) is 5.19. The van der Waals surface area contributed by atoms with Gasteiger partial charge in [0.25, 0.3) is 0 Å². The predicted molar refractivity (Wildman–Crippen MR) is 135 cm³/mol. The number of amides is 1. The third-order valence-corrected chi connectivity index (χ3v) is 5.19. The van der Waals surface area contributed by atoms with Crippen molar-refractivity contribution in [1.82, 2.24) is 0 Å². The summed E-state index contributed by atoms with van der Waals surface area (Å²) in [5.41, 5.74) is 9.54. The molecule has 0 saturated heterocycles. The number of carbonyl (C=O) groups excluding carboxylic acids is 1. The molecule has 4 aromatic carbocycles. The smallest absolute Gasteiger partial charge is 0.248 e. The Kier molecular flexibility index (Phi) is 8.11. The van der Waals surface area contributed by atoms with E-state index in [1.165, 1.54) is 0 Å². The minimum atomic E-state index is -0.461. The number of primary amides is 1. The molecule has 0 radical (unpaired) electrons. The maximum absolute atomic E-state index is 11.2. The molecular weight excluding hydrogens is 440 g/mol. The summed E-state index contributed by atoms with van der Waals surface area (Å²) < 4.78 is 12.1. The molecule has 0 aliphatic rings. The molecule has 4 rings (SSSR count). The average Bonchev–Trinajstić information content (AvgIpc) is 2.90. The van der Waals surface area contributed by atoms with E-state index in [0.717, 1.165) is 22.3 Å². The second-order valence-corrected chi connectivity index (χ2v) is 7.82. The van der Waals surface area contributed by atoms with Crippen LogP contribution in [0.1, 0.15) is 32.6 Å². The number of ether oxygens (including phenoxy) is 2. The molecule has 0 spiro atoms. The van der Waals surface area contributed by atoms with Crippen LogP contribution in [0.25, 0.3) is 0 Å². The molecule has 0 unspecified atom stereocenters. The van der Waals surface area contributed by atoms with Gasteiger partial charge in [0.2, 0.25) is 5.91 Å². The molecule has 0 fully saturated rings. The van der Waals surface area contributed by atoms with Crippen molar-refractivity contribution in [2.24, 2.45) is 10.9 Å². The summed E-state index contributed by atoms with van der Waals surface area (Å²) in [6.45, 7) is 1.12. The highest BCUT2D eigenvalue weighted by molar-refractivity contribution is 5.92. The van der Waals surface area contributed by atoms with Crippen LogP contribution in [0.2, 0.25) is 0 Å². The Labute approximate surface area is 204 Å². The van der Waals surface area contributed by atoms with E-state index in [1.807, 2.05) is 78.9 Å². The number of nitrogens with two attached hydrogens (primary N) is 1. The number of carbonyl (C=O) groups is 1. The molecule has 1 amide bonds. The van der Waals surface area contributed by atoms with Gasteiger partial charge in [-0.25, -0.2) is 0 Å². The van der Waals surface area contributed by atoms with Gasteiger partial charge in [0.1, 0.15) is 19.8 Å². The fraction of sp³-hybridized carbons (Fsp3) is 0.103. The fourth-order valence-electron chi connectivity index (χ4n) is 3.28. The maximum atomic E-state index is 11.2. The van der Waals surface area contributed by atoms with E-state index in [-0.39, 0.29) is 6.61 Å². The van der Waals surface area contributed by atoms with Crippen LogP contribution in [0.3, 0.4) is 0 Å². The summed E-state index contributed by atoms with van der Waals surface area (Å²) in [6, 6.07) is 32.5. The molecule has 0 aliphatic carbocycles. The first-order valence-corrected chi connectivity index (χ1v) is 11.2. The quantitative estimate of drug-likeness (QED) is 0.234. The Balaban J connectivity index is 1.41. The monoisotopic (exact) mass is 466 g/mol. The van der Waals surface area contributed by atoms with Crippen LogP contribution in [0, 0.1) is 0 Å². The third kappa shape index (κ3) is 7.20. The van der Waals surface area contributed by atoms with Gasteiger partial charge in [0, 0.05) is 11.1 Å². The van der Waals surface area contributed by atoms with E-state index >= 15 is 0 Å². The minimum absolute atomic E-state index is 0.269. The Bertz CT molecular complexity index is 1260. The van der Waals surface area contributed by atoms with Crippen molar-refractivity contribution >= 4 is 12.1 Å². The first-order valence-electron chi connectivity index (χ1n) is 11.2. The number of oxime groups is 1. The Morgan fingerprint density at radius 3 is 1.86 bits per heavy atom. The lowest BCUT2D eigenvalue weighted by Crippen LogP contribution is -2.10. The zero-order valence-corrected chi connectivity index (χ0v) is 19.2. The highest BCUT2D eigenvalue weighted by atomic mass is 16.6. The van der Waals surface area contributed by atoms with Gasteiger partial charge in [-0.1, -0.05) is 78.0 Å². The van der Waals surface area contributed by atoms with Gasteiger partial charge >= 0.3 is 0 Å².